The summed E-state index contributed by atoms with van der Waals surface area (Å²) >= 11 is 0. The van der Waals surface area contributed by atoms with Crippen LogP contribution in [-0.4, -0.2) is 0 Å². The molecule has 0 N–H and O–H groups in total. The molecule has 1 aromatic carbocycles. The van der Waals surface area contributed by atoms with Gasteiger partial charge in [-0.1, -0.05) is 44.4 Å². The van der Waals surface area contributed by atoms with E-state index in [4.69, 9.17) is 4.74 Å². The predicted molar refractivity (Wildman–Crippen MR) is 62.9 cm³/mol. The van der Waals surface area contributed by atoms with Crippen LogP contribution in [-0.2, 0) is 0 Å². The van der Waals surface area contributed by atoms with Crippen LogP contribution in [0.5, 0.6) is 5.75 Å². The average Bonchev–Trinajstić information content (AvgIpc) is 2.29. The fourth-order valence-corrected chi connectivity index (χ4v) is 1.93. The summed E-state index contributed by atoms with van der Waals surface area (Å²) < 4.78 is 5.75. The second-order valence-electron chi connectivity index (χ2n) is 3.59. The van der Waals surface area contributed by atoms with E-state index >= 15 is 0 Å². The Hall–Kier alpha value is -1.76. The maximum atomic E-state index is 5.75. The maximum Gasteiger partial charge on any atom is 0.131 e. The van der Waals surface area contributed by atoms with Crippen LogP contribution in [0.3, 0.4) is 0 Å². The molecule has 0 spiro atoms. The molecule has 0 saturated heterocycles. The highest BCUT2D eigenvalue weighted by Gasteiger charge is 2.22. The van der Waals surface area contributed by atoms with Gasteiger partial charge in [0.15, 0.2) is 0 Å². The first-order valence-electron chi connectivity index (χ1n) is 5.03. The Morgan fingerprint density at radius 3 is 2.60 bits per heavy atom. The molecule has 0 radical (unpaired) electrons. The number of fused-ring (bicyclic) bond motifs is 1. The molecule has 0 amide bonds. The van der Waals surface area contributed by atoms with E-state index in [1.807, 2.05) is 24.3 Å². The molecular weight excluding hydrogens is 184 g/mol. The molecule has 1 atom stereocenters. The van der Waals surface area contributed by atoms with Crippen molar-refractivity contribution in [1.82, 2.24) is 0 Å². The van der Waals surface area contributed by atoms with Crippen molar-refractivity contribution in [3.63, 3.8) is 0 Å². The fourth-order valence-electron chi connectivity index (χ4n) is 1.93. The summed E-state index contributed by atoms with van der Waals surface area (Å²) in [4.78, 5) is 0. The van der Waals surface area contributed by atoms with Gasteiger partial charge in [0.25, 0.3) is 0 Å². The minimum absolute atomic E-state index is 0.320. The molecule has 15 heavy (non-hydrogen) atoms. The molecule has 0 aromatic heterocycles. The van der Waals surface area contributed by atoms with Crippen LogP contribution < -0.4 is 4.74 Å². The van der Waals surface area contributed by atoms with Gasteiger partial charge in [-0.3, -0.25) is 0 Å². The zero-order valence-electron chi connectivity index (χ0n) is 8.86. The fraction of sp³-hybridized carbons (Fsp3) is 0.143. The highest BCUT2D eigenvalue weighted by molar-refractivity contribution is 5.50. The van der Waals surface area contributed by atoms with E-state index in [9.17, 15) is 0 Å². The van der Waals surface area contributed by atoms with Crippen molar-refractivity contribution in [2.24, 2.45) is 0 Å². The Kier molecular flexibility index (Phi) is 2.46. The average molecular weight is 198 g/mol. The molecule has 1 aliphatic heterocycles. The minimum Gasteiger partial charge on any atom is -0.457 e. The lowest BCUT2D eigenvalue weighted by Gasteiger charge is -2.25. The van der Waals surface area contributed by atoms with Crippen LogP contribution in [0.2, 0.25) is 0 Å². The van der Waals surface area contributed by atoms with E-state index in [2.05, 4.69) is 26.1 Å². The van der Waals surface area contributed by atoms with Crippen molar-refractivity contribution < 1.29 is 4.74 Å². The summed E-state index contributed by atoms with van der Waals surface area (Å²) in [6.45, 7) is 9.73. The number of hydrogen-bond donors (Lipinski definition) is 0. The molecule has 1 nitrogen and oxygen atoms in total. The number of rotatable bonds is 2. The first kappa shape index (κ1) is 9.78. The number of allylic oxidation sites excluding steroid dienone is 3. The number of hydrogen-bond acceptors (Lipinski definition) is 1. The van der Waals surface area contributed by atoms with Crippen molar-refractivity contribution in [3.05, 3.63) is 66.5 Å². The molecule has 1 heteroatoms. The molecule has 0 aliphatic carbocycles. The van der Waals surface area contributed by atoms with Gasteiger partial charge in [0, 0.05) is 17.1 Å². The third-order valence-corrected chi connectivity index (χ3v) is 2.76. The van der Waals surface area contributed by atoms with Crippen molar-refractivity contribution in [1.29, 1.82) is 0 Å². The Labute approximate surface area is 90.4 Å². The maximum absolute atomic E-state index is 5.75. The lowest BCUT2D eigenvalue weighted by molar-refractivity contribution is 0.414. The van der Waals surface area contributed by atoms with E-state index < -0.39 is 0 Å². The Bertz CT molecular complexity index is 440. The highest BCUT2D eigenvalue weighted by Crippen LogP contribution is 2.39. The topological polar surface area (TPSA) is 9.23 Å². The molecule has 0 fully saturated rings. The minimum atomic E-state index is 0.320. The summed E-state index contributed by atoms with van der Waals surface area (Å²) in [5, 5.41) is 0. The third-order valence-electron chi connectivity index (χ3n) is 2.76. The Morgan fingerprint density at radius 2 is 1.93 bits per heavy atom. The molecule has 0 bridgehead atoms. The quantitative estimate of drug-likeness (QED) is 0.702. The van der Waals surface area contributed by atoms with Gasteiger partial charge >= 0.3 is 0 Å². The molecule has 1 aromatic rings. The zero-order valence-corrected chi connectivity index (χ0v) is 8.86. The van der Waals surface area contributed by atoms with Gasteiger partial charge in [0.1, 0.15) is 11.5 Å². The van der Waals surface area contributed by atoms with E-state index in [0.717, 1.165) is 17.1 Å². The van der Waals surface area contributed by atoms with Gasteiger partial charge < -0.3 is 4.74 Å². The standard InChI is InChI=1S/C14H14O/c1-4-11-10(3)12-8-6-7-9-14(12)15-13(11)5-2/h4-10H,1-2H2,3H3. The number of para-hydroxylation sites is 1. The molecule has 76 valence electrons. The predicted octanol–water partition coefficient (Wildman–Crippen LogP) is 3.81. The lowest BCUT2D eigenvalue weighted by Crippen LogP contribution is -2.11. The van der Waals surface area contributed by atoms with Crippen molar-refractivity contribution >= 4 is 0 Å². The number of ether oxygens (including phenoxy) is 1. The smallest absolute Gasteiger partial charge is 0.131 e. The first-order valence-corrected chi connectivity index (χ1v) is 5.03. The van der Waals surface area contributed by atoms with E-state index in [1.54, 1.807) is 6.08 Å². The molecular formula is C14H14O. The summed E-state index contributed by atoms with van der Waals surface area (Å²) in [6.07, 6.45) is 3.58. The monoisotopic (exact) mass is 198 g/mol. The second kappa shape index (κ2) is 3.77. The summed E-state index contributed by atoms with van der Waals surface area (Å²) in [6, 6.07) is 8.07. The van der Waals surface area contributed by atoms with Crippen molar-refractivity contribution in [2.45, 2.75) is 12.8 Å². The Morgan fingerprint density at radius 1 is 1.20 bits per heavy atom. The summed E-state index contributed by atoms with van der Waals surface area (Å²) in [5.41, 5.74) is 2.31. The SMILES string of the molecule is C=CC1=C(C=C)C(C)c2ccccc2O1. The van der Waals surface area contributed by atoms with Crippen LogP contribution in [0.4, 0.5) is 0 Å². The molecule has 1 heterocycles. The van der Waals surface area contributed by atoms with Crippen LogP contribution >= 0.6 is 0 Å². The summed E-state index contributed by atoms with van der Waals surface area (Å²) in [7, 11) is 0. The van der Waals surface area contributed by atoms with Gasteiger partial charge in [-0.05, 0) is 12.1 Å². The highest BCUT2D eigenvalue weighted by atomic mass is 16.5. The zero-order chi connectivity index (χ0) is 10.8. The molecule has 1 unspecified atom stereocenters. The van der Waals surface area contributed by atoms with Crippen molar-refractivity contribution in [3.8, 4) is 5.75 Å². The molecule has 0 saturated carbocycles. The lowest BCUT2D eigenvalue weighted by atomic mass is 9.89. The van der Waals surface area contributed by atoms with E-state index in [-0.39, 0.29) is 0 Å². The summed E-state index contributed by atoms with van der Waals surface area (Å²) in [5.74, 6) is 2.06. The molecule has 2 rings (SSSR count). The van der Waals surface area contributed by atoms with Crippen molar-refractivity contribution in [2.75, 3.05) is 0 Å². The van der Waals surface area contributed by atoms with Gasteiger partial charge in [-0.15, -0.1) is 0 Å². The second-order valence-corrected chi connectivity index (χ2v) is 3.59. The van der Waals surface area contributed by atoms with Gasteiger partial charge in [0.2, 0.25) is 0 Å². The third kappa shape index (κ3) is 1.50. The number of benzene rings is 1. The van der Waals surface area contributed by atoms with E-state index in [0.29, 0.717) is 5.92 Å². The van der Waals surface area contributed by atoms with Gasteiger partial charge in [-0.25, -0.2) is 0 Å². The van der Waals surface area contributed by atoms with Crippen LogP contribution in [0.25, 0.3) is 0 Å². The Balaban J connectivity index is 2.56. The van der Waals surface area contributed by atoms with Crippen LogP contribution in [0.15, 0.2) is 60.9 Å². The largest absolute Gasteiger partial charge is 0.457 e. The van der Waals surface area contributed by atoms with Gasteiger partial charge in [-0.2, -0.15) is 0 Å². The van der Waals surface area contributed by atoms with Crippen LogP contribution in [0.1, 0.15) is 18.4 Å². The normalized spacial score (nSPS) is 19.1. The molecule has 1 aliphatic rings. The van der Waals surface area contributed by atoms with E-state index in [1.165, 1.54) is 5.56 Å². The van der Waals surface area contributed by atoms with Gasteiger partial charge in [0.05, 0.1) is 0 Å². The van der Waals surface area contributed by atoms with Crippen LogP contribution in [0, 0.1) is 0 Å². The first-order chi connectivity index (χ1) is 7.27.